The number of para-hydroxylation sites is 1. The van der Waals surface area contributed by atoms with Crippen LogP contribution in [0.3, 0.4) is 0 Å². The highest BCUT2D eigenvalue weighted by Crippen LogP contribution is 2.36. The van der Waals surface area contributed by atoms with Crippen molar-refractivity contribution in [2.45, 2.75) is 13.8 Å². The summed E-state index contributed by atoms with van der Waals surface area (Å²) in [6, 6.07) is 13.3. The van der Waals surface area contributed by atoms with Crippen LogP contribution in [0.5, 0.6) is 0 Å². The molecule has 0 radical (unpaired) electrons. The van der Waals surface area contributed by atoms with Gasteiger partial charge in [0.1, 0.15) is 5.17 Å². The Bertz CT molecular complexity index is 621. The van der Waals surface area contributed by atoms with E-state index in [1.54, 1.807) is 6.07 Å². The van der Waals surface area contributed by atoms with Crippen molar-refractivity contribution < 1.29 is 0 Å². The molecule has 0 saturated heterocycles. The van der Waals surface area contributed by atoms with E-state index in [0.29, 0.717) is 10.2 Å². The minimum absolute atomic E-state index is 0.467. The lowest BCUT2D eigenvalue weighted by molar-refractivity contribution is 1.50. The molecular formula is C15H14Cl2N2. The maximum absolute atomic E-state index is 6.20. The molecule has 0 atom stereocenters. The molecule has 2 aromatic carbocycles. The van der Waals surface area contributed by atoms with Gasteiger partial charge in [-0.3, -0.25) is 0 Å². The molecule has 0 spiro atoms. The summed E-state index contributed by atoms with van der Waals surface area (Å²) in [6.07, 6.45) is 0. The summed E-state index contributed by atoms with van der Waals surface area (Å²) in [5.41, 5.74) is 3.49. The van der Waals surface area contributed by atoms with Crippen LogP contribution in [0, 0.1) is 0 Å². The van der Waals surface area contributed by atoms with Gasteiger partial charge in [0, 0.05) is 16.3 Å². The average Bonchev–Trinajstić information content (AvgIpc) is 2.57. The Kier molecular flexibility index (Phi) is 4.46. The standard InChI is InChI=1S/C13H8Cl2N2.C2H6/c14-8-5-6-11-12(7-8)17-13(15)9-3-1-2-4-10(9)16-11;1-2/h1-7,16H;1-2H3. The van der Waals surface area contributed by atoms with Crippen molar-refractivity contribution in [2.75, 3.05) is 5.32 Å². The van der Waals surface area contributed by atoms with Crippen LogP contribution in [-0.2, 0) is 0 Å². The summed E-state index contributed by atoms with van der Waals surface area (Å²) in [4.78, 5) is 4.38. The Morgan fingerprint density at radius 2 is 1.68 bits per heavy atom. The maximum atomic E-state index is 6.20. The van der Waals surface area contributed by atoms with E-state index in [2.05, 4.69) is 10.3 Å². The summed E-state index contributed by atoms with van der Waals surface area (Å²) >= 11 is 12.1. The smallest absolute Gasteiger partial charge is 0.139 e. The molecule has 3 rings (SSSR count). The van der Waals surface area contributed by atoms with Gasteiger partial charge in [-0.05, 0) is 30.3 Å². The molecule has 98 valence electrons. The molecule has 0 saturated carbocycles. The van der Waals surface area contributed by atoms with E-state index in [9.17, 15) is 0 Å². The third-order valence-corrected chi connectivity index (χ3v) is 3.12. The number of hydrogen-bond acceptors (Lipinski definition) is 2. The molecule has 0 unspecified atom stereocenters. The fourth-order valence-corrected chi connectivity index (χ4v) is 2.21. The molecular weight excluding hydrogens is 279 g/mol. The minimum Gasteiger partial charge on any atom is -0.353 e. The first kappa shape index (κ1) is 13.9. The Morgan fingerprint density at radius 3 is 2.47 bits per heavy atom. The number of aliphatic imine (C=N–C) groups is 1. The monoisotopic (exact) mass is 292 g/mol. The van der Waals surface area contributed by atoms with Gasteiger partial charge in [0.25, 0.3) is 0 Å². The largest absolute Gasteiger partial charge is 0.353 e. The van der Waals surface area contributed by atoms with E-state index < -0.39 is 0 Å². The lowest BCUT2D eigenvalue weighted by Gasteiger charge is -2.08. The Morgan fingerprint density at radius 1 is 0.947 bits per heavy atom. The van der Waals surface area contributed by atoms with Crippen LogP contribution in [0.4, 0.5) is 17.1 Å². The number of benzene rings is 2. The van der Waals surface area contributed by atoms with Crippen LogP contribution >= 0.6 is 23.2 Å². The maximum Gasteiger partial charge on any atom is 0.139 e. The quantitative estimate of drug-likeness (QED) is 0.658. The van der Waals surface area contributed by atoms with Crippen molar-refractivity contribution in [3.8, 4) is 0 Å². The zero-order valence-corrected chi connectivity index (χ0v) is 12.3. The summed E-state index contributed by atoms with van der Waals surface area (Å²) in [7, 11) is 0. The van der Waals surface area contributed by atoms with Crippen molar-refractivity contribution in [1.82, 2.24) is 0 Å². The van der Waals surface area contributed by atoms with E-state index in [-0.39, 0.29) is 0 Å². The molecule has 1 heterocycles. The second-order valence-corrected chi connectivity index (χ2v) is 4.53. The van der Waals surface area contributed by atoms with Gasteiger partial charge in [-0.25, -0.2) is 4.99 Å². The van der Waals surface area contributed by atoms with E-state index in [0.717, 1.165) is 22.6 Å². The van der Waals surface area contributed by atoms with E-state index in [4.69, 9.17) is 23.2 Å². The van der Waals surface area contributed by atoms with Crippen LogP contribution in [0.25, 0.3) is 0 Å². The number of anilines is 2. The van der Waals surface area contributed by atoms with Crippen LogP contribution in [0.2, 0.25) is 5.02 Å². The minimum atomic E-state index is 0.467. The molecule has 1 N–H and O–H groups in total. The summed E-state index contributed by atoms with van der Waals surface area (Å²) in [5, 5.41) is 4.41. The number of fused-ring (bicyclic) bond motifs is 2. The van der Waals surface area contributed by atoms with Crippen molar-refractivity contribution in [2.24, 2.45) is 4.99 Å². The van der Waals surface area contributed by atoms with Gasteiger partial charge in [0.05, 0.1) is 11.4 Å². The van der Waals surface area contributed by atoms with Gasteiger partial charge in [0.2, 0.25) is 0 Å². The van der Waals surface area contributed by atoms with Gasteiger partial charge in [-0.15, -0.1) is 0 Å². The molecule has 4 heteroatoms. The first-order valence-electron chi connectivity index (χ1n) is 6.14. The molecule has 0 amide bonds. The zero-order chi connectivity index (χ0) is 13.8. The third-order valence-electron chi connectivity index (χ3n) is 2.60. The number of halogens is 2. The molecule has 1 aliphatic rings. The van der Waals surface area contributed by atoms with Crippen molar-refractivity contribution >= 4 is 45.4 Å². The lowest BCUT2D eigenvalue weighted by atomic mass is 10.2. The van der Waals surface area contributed by atoms with Gasteiger partial charge >= 0.3 is 0 Å². The number of hydrogen-bond donors (Lipinski definition) is 1. The Labute approximate surface area is 123 Å². The highest BCUT2D eigenvalue weighted by Gasteiger charge is 2.14. The van der Waals surface area contributed by atoms with E-state index >= 15 is 0 Å². The van der Waals surface area contributed by atoms with Crippen molar-refractivity contribution in [1.29, 1.82) is 0 Å². The van der Waals surface area contributed by atoms with Crippen molar-refractivity contribution in [3.63, 3.8) is 0 Å². The first-order chi connectivity index (χ1) is 9.24. The molecule has 19 heavy (non-hydrogen) atoms. The fraction of sp³-hybridized carbons (Fsp3) is 0.133. The van der Waals surface area contributed by atoms with Crippen LogP contribution in [-0.4, -0.2) is 5.17 Å². The lowest BCUT2D eigenvalue weighted by Crippen LogP contribution is -1.95. The second-order valence-electron chi connectivity index (χ2n) is 3.73. The first-order valence-corrected chi connectivity index (χ1v) is 6.90. The predicted molar refractivity (Wildman–Crippen MR) is 84.6 cm³/mol. The highest BCUT2D eigenvalue weighted by molar-refractivity contribution is 6.70. The van der Waals surface area contributed by atoms with Gasteiger partial charge < -0.3 is 5.32 Å². The SMILES string of the molecule is CC.ClC1=Nc2cc(Cl)ccc2Nc2ccccc21. The number of nitrogens with zero attached hydrogens (tertiary/aromatic N) is 1. The van der Waals surface area contributed by atoms with E-state index in [1.165, 1.54) is 0 Å². The number of rotatable bonds is 0. The number of nitrogens with one attached hydrogen (secondary N) is 1. The molecule has 0 bridgehead atoms. The molecule has 2 nitrogen and oxygen atoms in total. The molecule has 0 fully saturated rings. The highest BCUT2D eigenvalue weighted by atomic mass is 35.5. The summed E-state index contributed by atoms with van der Waals surface area (Å²) in [5.74, 6) is 0. The van der Waals surface area contributed by atoms with Crippen LogP contribution in [0.15, 0.2) is 47.5 Å². The van der Waals surface area contributed by atoms with Gasteiger partial charge in [-0.2, -0.15) is 0 Å². The zero-order valence-electron chi connectivity index (χ0n) is 10.7. The van der Waals surface area contributed by atoms with Crippen molar-refractivity contribution in [3.05, 3.63) is 53.1 Å². The normalized spacial score (nSPS) is 11.9. The molecule has 0 aromatic heterocycles. The fourth-order valence-electron chi connectivity index (χ4n) is 1.79. The second kappa shape index (κ2) is 6.09. The van der Waals surface area contributed by atoms with Crippen LogP contribution < -0.4 is 5.32 Å². The van der Waals surface area contributed by atoms with Gasteiger partial charge in [0.15, 0.2) is 0 Å². The van der Waals surface area contributed by atoms with E-state index in [1.807, 2.05) is 50.2 Å². The third kappa shape index (κ3) is 2.91. The van der Waals surface area contributed by atoms with Gasteiger partial charge in [-0.1, -0.05) is 49.2 Å². The Balaban J connectivity index is 0.000000637. The Hall–Kier alpha value is -1.51. The predicted octanol–water partition coefficient (Wildman–Crippen LogP) is 5.74. The topological polar surface area (TPSA) is 24.4 Å². The average molecular weight is 293 g/mol. The molecule has 0 aliphatic carbocycles. The summed E-state index contributed by atoms with van der Waals surface area (Å²) in [6.45, 7) is 4.00. The van der Waals surface area contributed by atoms with Crippen LogP contribution in [0.1, 0.15) is 19.4 Å². The summed E-state index contributed by atoms with van der Waals surface area (Å²) < 4.78 is 0. The molecule has 2 aromatic rings. The molecule has 1 aliphatic heterocycles.